The topological polar surface area (TPSA) is 80.9 Å². The Morgan fingerprint density at radius 1 is 1.42 bits per heavy atom. The van der Waals surface area contributed by atoms with Gasteiger partial charge in [-0.05, 0) is 23.7 Å². The van der Waals surface area contributed by atoms with E-state index in [4.69, 9.17) is 21.3 Å². The molecular weight excluding hydrogens is 370 g/mol. The molecule has 2 aromatic heterocycles. The van der Waals surface area contributed by atoms with Crippen LogP contribution in [0.5, 0.6) is 0 Å². The summed E-state index contributed by atoms with van der Waals surface area (Å²) in [7, 11) is 4.11. The number of hydroxylamine groups is 4. The smallest absolute Gasteiger partial charge is 0.331 e. The molecule has 0 aliphatic carbocycles. The highest BCUT2D eigenvalue weighted by Crippen LogP contribution is 2.33. The Hall–Kier alpha value is -1.82. The summed E-state index contributed by atoms with van der Waals surface area (Å²) in [5.41, 5.74) is 0. The van der Waals surface area contributed by atoms with Crippen molar-refractivity contribution < 1.29 is 27.8 Å². The van der Waals surface area contributed by atoms with E-state index >= 15 is 0 Å². The lowest BCUT2D eigenvalue weighted by Gasteiger charge is -2.23. The molecule has 0 N–H and O–H groups in total. The molecule has 0 radical (unpaired) electrons. The minimum atomic E-state index is -3.73. The van der Waals surface area contributed by atoms with Crippen molar-refractivity contribution in [1.82, 2.24) is 20.3 Å². The number of urea groups is 1. The predicted octanol–water partition coefficient (Wildman–Crippen LogP) is 3.06. The quantitative estimate of drug-likeness (QED) is 0.564. The lowest BCUT2D eigenvalue weighted by Crippen LogP contribution is -2.39. The molecule has 2 amide bonds. The van der Waals surface area contributed by atoms with Crippen LogP contribution in [0.4, 0.5) is 13.6 Å². The molecule has 24 heavy (non-hydrogen) atoms. The highest BCUT2D eigenvalue weighted by atomic mass is 35.5. The molecule has 0 unspecified atom stereocenters. The van der Waals surface area contributed by atoms with Crippen LogP contribution in [-0.2, 0) is 21.6 Å². The minimum Gasteiger partial charge on any atom is -0.331 e. The molecule has 0 fully saturated rings. The van der Waals surface area contributed by atoms with E-state index in [1.54, 1.807) is 12.1 Å². The molecule has 2 aromatic rings. The van der Waals surface area contributed by atoms with Crippen LogP contribution in [0.2, 0.25) is 0 Å². The van der Waals surface area contributed by atoms with E-state index in [1.807, 2.05) is 0 Å². The standard InChI is InChI=1S/C12H13ClF2N4O4S/c1-18(21-2)11(20)19(22-3)6-7-4-5-8(24-7)9-16-10(23-17-9)12(13,14)15/h4-5H,6H2,1-3H3. The van der Waals surface area contributed by atoms with Crippen molar-refractivity contribution in [2.75, 3.05) is 21.3 Å². The lowest BCUT2D eigenvalue weighted by molar-refractivity contribution is -0.148. The average Bonchev–Trinajstić information content (AvgIpc) is 3.19. The van der Waals surface area contributed by atoms with Crippen LogP contribution in [0.3, 0.4) is 0 Å². The van der Waals surface area contributed by atoms with Gasteiger partial charge in [-0.15, -0.1) is 11.3 Å². The van der Waals surface area contributed by atoms with E-state index in [-0.39, 0.29) is 12.4 Å². The number of alkyl halides is 3. The largest absolute Gasteiger partial charge is 0.400 e. The summed E-state index contributed by atoms with van der Waals surface area (Å²) < 4.78 is 30.2. The summed E-state index contributed by atoms with van der Waals surface area (Å²) >= 11 is 6.01. The first kappa shape index (κ1) is 18.5. The van der Waals surface area contributed by atoms with Crippen molar-refractivity contribution in [3.63, 3.8) is 0 Å². The van der Waals surface area contributed by atoms with Crippen molar-refractivity contribution in [2.24, 2.45) is 0 Å². The molecule has 0 bridgehead atoms. The lowest BCUT2D eigenvalue weighted by atomic mass is 10.4. The van der Waals surface area contributed by atoms with Gasteiger partial charge in [0, 0.05) is 11.9 Å². The first-order valence-corrected chi connectivity index (χ1v) is 7.59. The molecule has 12 heteroatoms. The Bertz CT molecular complexity index is 705. The summed E-state index contributed by atoms with van der Waals surface area (Å²) in [6, 6.07) is 2.78. The second kappa shape index (κ2) is 7.38. The fraction of sp³-hybridized carbons (Fsp3) is 0.417. The predicted molar refractivity (Wildman–Crippen MR) is 80.1 cm³/mol. The number of amides is 2. The van der Waals surface area contributed by atoms with Crippen LogP contribution < -0.4 is 0 Å². The number of nitrogens with zero attached hydrogens (tertiary/aromatic N) is 4. The number of carbonyl (C=O) groups excluding carboxylic acids is 1. The van der Waals surface area contributed by atoms with Gasteiger partial charge >= 0.3 is 17.3 Å². The maximum atomic E-state index is 12.9. The van der Waals surface area contributed by atoms with Crippen molar-refractivity contribution >= 4 is 29.0 Å². The van der Waals surface area contributed by atoms with E-state index in [9.17, 15) is 13.6 Å². The molecule has 0 aliphatic rings. The average molecular weight is 383 g/mol. The van der Waals surface area contributed by atoms with Crippen LogP contribution in [0.15, 0.2) is 16.7 Å². The highest BCUT2D eigenvalue weighted by Gasteiger charge is 2.36. The van der Waals surface area contributed by atoms with Crippen LogP contribution in [0, 0.1) is 0 Å². The number of rotatable bonds is 6. The van der Waals surface area contributed by atoms with Crippen molar-refractivity contribution in [3.8, 4) is 10.7 Å². The summed E-state index contributed by atoms with van der Waals surface area (Å²) in [4.78, 5) is 26.5. The number of aromatic nitrogens is 2. The third-order valence-corrected chi connectivity index (χ3v) is 4.05. The van der Waals surface area contributed by atoms with Gasteiger partial charge in [0.05, 0.1) is 25.6 Å². The Balaban J connectivity index is 2.13. The van der Waals surface area contributed by atoms with Gasteiger partial charge in [-0.2, -0.15) is 18.8 Å². The normalized spacial score (nSPS) is 11.6. The summed E-state index contributed by atoms with van der Waals surface area (Å²) in [6.45, 7) is 0.115. The van der Waals surface area contributed by atoms with E-state index in [2.05, 4.69) is 14.7 Å². The van der Waals surface area contributed by atoms with Crippen molar-refractivity contribution in [1.29, 1.82) is 0 Å². The zero-order valence-electron chi connectivity index (χ0n) is 12.8. The summed E-state index contributed by atoms with van der Waals surface area (Å²) in [6.07, 6.45) is 0. The Morgan fingerprint density at radius 3 is 2.67 bits per heavy atom. The number of hydrogen-bond donors (Lipinski definition) is 0. The maximum Gasteiger partial charge on any atom is 0.400 e. The van der Waals surface area contributed by atoms with E-state index < -0.39 is 17.3 Å². The number of carbonyl (C=O) groups is 1. The zero-order chi connectivity index (χ0) is 17.9. The van der Waals surface area contributed by atoms with Gasteiger partial charge in [-0.1, -0.05) is 5.16 Å². The van der Waals surface area contributed by atoms with Gasteiger partial charge in [0.1, 0.15) is 0 Å². The Morgan fingerprint density at radius 2 is 2.12 bits per heavy atom. The van der Waals surface area contributed by atoms with Crippen LogP contribution in [0.25, 0.3) is 10.7 Å². The van der Waals surface area contributed by atoms with Crippen LogP contribution >= 0.6 is 22.9 Å². The molecular formula is C12H13ClF2N4O4S. The van der Waals surface area contributed by atoms with E-state index in [0.717, 1.165) is 10.1 Å². The first-order chi connectivity index (χ1) is 11.3. The van der Waals surface area contributed by atoms with Crippen molar-refractivity contribution in [2.45, 2.75) is 11.9 Å². The second-order valence-corrected chi connectivity index (χ2v) is 6.01. The fourth-order valence-corrected chi connectivity index (χ4v) is 2.60. The van der Waals surface area contributed by atoms with Gasteiger partial charge < -0.3 is 4.52 Å². The molecule has 0 aromatic carbocycles. The summed E-state index contributed by atoms with van der Waals surface area (Å²) in [5, 5.41) is 1.79. The Kier molecular flexibility index (Phi) is 5.70. The number of hydrogen-bond acceptors (Lipinski definition) is 7. The van der Waals surface area contributed by atoms with Gasteiger partial charge in [-0.25, -0.2) is 9.86 Å². The van der Waals surface area contributed by atoms with Crippen LogP contribution in [-0.4, -0.2) is 47.6 Å². The van der Waals surface area contributed by atoms with Gasteiger partial charge in [0.2, 0.25) is 5.82 Å². The highest BCUT2D eigenvalue weighted by molar-refractivity contribution is 7.15. The third kappa shape index (κ3) is 4.17. The molecule has 0 spiro atoms. The maximum absolute atomic E-state index is 12.9. The van der Waals surface area contributed by atoms with Crippen molar-refractivity contribution in [3.05, 3.63) is 22.9 Å². The zero-order valence-corrected chi connectivity index (χ0v) is 14.4. The molecule has 2 heterocycles. The molecule has 132 valence electrons. The van der Waals surface area contributed by atoms with Crippen LogP contribution in [0.1, 0.15) is 10.8 Å². The molecule has 0 aliphatic heterocycles. The minimum absolute atomic E-state index is 0.0223. The van der Waals surface area contributed by atoms with Gasteiger partial charge in [-0.3, -0.25) is 9.68 Å². The van der Waals surface area contributed by atoms with E-state index in [1.165, 1.54) is 32.6 Å². The SMILES string of the molecule is CON(C)C(=O)N(Cc1ccc(-c2noc(C(F)(F)Cl)n2)s1)OC. The monoisotopic (exact) mass is 382 g/mol. The summed E-state index contributed by atoms with van der Waals surface area (Å²) in [5.74, 6) is -1.00. The van der Waals surface area contributed by atoms with Gasteiger partial charge in [0.15, 0.2) is 0 Å². The number of thiophene rings is 1. The third-order valence-electron chi connectivity index (χ3n) is 2.83. The first-order valence-electron chi connectivity index (χ1n) is 6.39. The molecule has 2 rings (SSSR count). The Labute approximate surface area is 144 Å². The van der Waals surface area contributed by atoms with E-state index in [0.29, 0.717) is 9.75 Å². The molecule has 8 nitrogen and oxygen atoms in total. The number of halogens is 3. The molecule has 0 saturated carbocycles. The second-order valence-electron chi connectivity index (χ2n) is 4.37. The molecule has 0 atom stereocenters. The van der Waals surface area contributed by atoms with Gasteiger partial charge in [0.25, 0.3) is 0 Å². The molecule has 0 saturated heterocycles. The fourth-order valence-electron chi connectivity index (χ4n) is 1.61.